The van der Waals surface area contributed by atoms with Crippen LogP contribution in [-0.2, 0) is 0 Å². The second-order valence-electron chi connectivity index (χ2n) is 4.02. The molecule has 0 unspecified atom stereocenters. The highest BCUT2D eigenvalue weighted by molar-refractivity contribution is 6.32. The lowest BCUT2D eigenvalue weighted by Crippen LogP contribution is -2.18. The Hall–Kier alpha value is -0.930. The third-order valence-corrected chi connectivity index (χ3v) is 3.02. The Morgan fingerprint density at radius 2 is 2.06 bits per heavy atom. The summed E-state index contributed by atoms with van der Waals surface area (Å²) < 4.78 is 5.11. The number of rotatable bonds is 7. The molecular formula is C13H20ClNO2. The molecule has 0 aliphatic rings. The van der Waals surface area contributed by atoms with Crippen molar-refractivity contribution in [1.82, 2.24) is 0 Å². The molecule has 0 amide bonds. The minimum absolute atomic E-state index is 0.276. The number of aliphatic hydroxyl groups is 1. The Bertz CT molecular complexity index is 344. The van der Waals surface area contributed by atoms with Crippen LogP contribution >= 0.6 is 11.6 Å². The Morgan fingerprint density at radius 3 is 2.65 bits per heavy atom. The van der Waals surface area contributed by atoms with Gasteiger partial charge in [0.25, 0.3) is 0 Å². The van der Waals surface area contributed by atoms with E-state index in [0.29, 0.717) is 10.8 Å². The van der Waals surface area contributed by atoms with E-state index in [4.69, 9.17) is 21.4 Å². The molecule has 1 rings (SSSR count). The van der Waals surface area contributed by atoms with Crippen LogP contribution in [0, 0.1) is 0 Å². The molecule has 0 heterocycles. The van der Waals surface area contributed by atoms with Crippen LogP contribution in [0.3, 0.4) is 0 Å². The van der Waals surface area contributed by atoms with Gasteiger partial charge in [-0.05, 0) is 37.5 Å². The SMILES string of the molecule is COc1ccc(N(C)CCCCCO)cc1Cl. The molecule has 0 saturated heterocycles. The molecular weight excluding hydrogens is 238 g/mol. The van der Waals surface area contributed by atoms with Crippen LogP contribution < -0.4 is 9.64 Å². The van der Waals surface area contributed by atoms with E-state index in [9.17, 15) is 0 Å². The molecule has 96 valence electrons. The summed E-state index contributed by atoms with van der Waals surface area (Å²) in [5, 5.41) is 9.33. The Morgan fingerprint density at radius 1 is 1.29 bits per heavy atom. The first-order valence-electron chi connectivity index (χ1n) is 5.84. The van der Waals surface area contributed by atoms with Gasteiger partial charge in [0, 0.05) is 25.9 Å². The van der Waals surface area contributed by atoms with Crippen molar-refractivity contribution >= 4 is 17.3 Å². The van der Waals surface area contributed by atoms with Crippen molar-refractivity contribution in [3.63, 3.8) is 0 Å². The standard InChI is InChI=1S/C13H20ClNO2/c1-15(8-4-3-5-9-16)11-6-7-13(17-2)12(14)10-11/h6-7,10,16H,3-5,8-9H2,1-2H3. The molecule has 0 atom stereocenters. The summed E-state index contributed by atoms with van der Waals surface area (Å²) >= 11 is 6.07. The van der Waals surface area contributed by atoms with E-state index < -0.39 is 0 Å². The van der Waals surface area contributed by atoms with Crippen LogP contribution in [-0.4, -0.2) is 32.4 Å². The molecule has 4 heteroatoms. The lowest BCUT2D eigenvalue weighted by Gasteiger charge is -2.20. The highest BCUT2D eigenvalue weighted by Gasteiger charge is 2.05. The number of ether oxygens (including phenoxy) is 1. The minimum atomic E-state index is 0.276. The monoisotopic (exact) mass is 257 g/mol. The van der Waals surface area contributed by atoms with Crippen molar-refractivity contribution in [1.29, 1.82) is 0 Å². The van der Waals surface area contributed by atoms with Crippen LogP contribution in [0.1, 0.15) is 19.3 Å². The number of anilines is 1. The van der Waals surface area contributed by atoms with E-state index >= 15 is 0 Å². The molecule has 17 heavy (non-hydrogen) atoms. The van der Waals surface area contributed by atoms with Crippen LogP contribution in [0.2, 0.25) is 5.02 Å². The van der Waals surface area contributed by atoms with Crippen LogP contribution in [0.25, 0.3) is 0 Å². The fourth-order valence-corrected chi connectivity index (χ4v) is 1.91. The van der Waals surface area contributed by atoms with Crippen molar-refractivity contribution in [3.8, 4) is 5.75 Å². The molecule has 1 aromatic carbocycles. The average Bonchev–Trinajstić information content (AvgIpc) is 2.34. The lowest BCUT2D eigenvalue weighted by atomic mass is 10.2. The first-order chi connectivity index (χ1) is 8.19. The number of unbranched alkanes of at least 4 members (excludes halogenated alkanes) is 2. The smallest absolute Gasteiger partial charge is 0.137 e. The van der Waals surface area contributed by atoms with E-state index in [1.54, 1.807) is 7.11 Å². The van der Waals surface area contributed by atoms with E-state index in [2.05, 4.69) is 4.90 Å². The lowest BCUT2D eigenvalue weighted by molar-refractivity contribution is 0.283. The zero-order chi connectivity index (χ0) is 12.7. The minimum Gasteiger partial charge on any atom is -0.495 e. The molecule has 0 aromatic heterocycles. The predicted molar refractivity (Wildman–Crippen MR) is 72.2 cm³/mol. The maximum atomic E-state index is 8.70. The molecule has 3 nitrogen and oxygen atoms in total. The third-order valence-electron chi connectivity index (χ3n) is 2.73. The molecule has 1 N–H and O–H groups in total. The summed E-state index contributed by atoms with van der Waals surface area (Å²) in [5.74, 6) is 0.698. The van der Waals surface area contributed by atoms with Crippen molar-refractivity contribution < 1.29 is 9.84 Å². The van der Waals surface area contributed by atoms with Gasteiger partial charge in [-0.25, -0.2) is 0 Å². The van der Waals surface area contributed by atoms with Gasteiger partial charge in [-0.1, -0.05) is 11.6 Å². The van der Waals surface area contributed by atoms with Crippen molar-refractivity contribution in [2.45, 2.75) is 19.3 Å². The summed E-state index contributed by atoms with van der Waals surface area (Å²) in [7, 11) is 3.65. The van der Waals surface area contributed by atoms with Crippen LogP contribution in [0.5, 0.6) is 5.75 Å². The number of benzene rings is 1. The van der Waals surface area contributed by atoms with E-state index in [-0.39, 0.29) is 6.61 Å². The van der Waals surface area contributed by atoms with Gasteiger partial charge in [-0.15, -0.1) is 0 Å². The first-order valence-corrected chi connectivity index (χ1v) is 6.22. The zero-order valence-electron chi connectivity index (χ0n) is 10.4. The van der Waals surface area contributed by atoms with Crippen molar-refractivity contribution in [3.05, 3.63) is 23.2 Å². The second kappa shape index (κ2) is 7.41. The topological polar surface area (TPSA) is 32.7 Å². The van der Waals surface area contributed by atoms with Gasteiger partial charge in [-0.3, -0.25) is 0 Å². The number of hydrogen-bond acceptors (Lipinski definition) is 3. The number of halogens is 1. The van der Waals surface area contributed by atoms with Crippen LogP contribution in [0.4, 0.5) is 5.69 Å². The van der Waals surface area contributed by atoms with E-state index in [1.807, 2.05) is 25.2 Å². The Labute approximate surface area is 108 Å². The highest BCUT2D eigenvalue weighted by Crippen LogP contribution is 2.28. The Balaban J connectivity index is 2.51. The summed E-state index contributed by atoms with van der Waals surface area (Å²) in [6, 6.07) is 5.78. The van der Waals surface area contributed by atoms with Gasteiger partial charge >= 0.3 is 0 Å². The van der Waals surface area contributed by atoms with Gasteiger partial charge in [0.15, 0.2) is 0 Å². The first kappa shape index (κ1) is 14.1. The van der Waals surface area contributed by atoms with Crippen molar-refractivity contribution in [2.24, 2.45) is 0 Å². The van der Waals surface area contributed by atoms with Gasteiger partial charge in [0.2, 0.25) is 0 Å². The number of nitrogens with zero attached hydrogens (tertiary/aromatic N) is 1. The third kappa shape index (κ3) is 4.44. The summed E-state index contributed by atoms with van der Waals surface area (Å²) in [6.45, 7) is 1.24. The summed E-state index contributed by atoms with van der Waals surface area (Å²) in [6.07, 6.45) is 2.99. The molecule has 0 saturated carbocycles. The normalized spacial score (nSPS) is 10.4. The molecule has 0 spiro atoms. The summed E-state index contributed by atoms with van der Waals surface area (Å²) in [4.78, 5) is 2.16. The molecule has 0 aliphatic heterocycles. The number of methoxy groups -OCH3 is 1. The maximum absolute atomic E-state index is 8.70. The molecule has 0 fully saturated rings. The Kier molecular flexibility index (Phi) is 6.16. The molecule has 1 aromatic rings. The van der Waals surface area contributed by atoms with Crippen LogP contribution in [0.15, 0.2) is 18.2 Å². The fourth-order valence-electron chi connectivity index (χ4n) is 1.66. The maximum Gasteiger partial charge on any atom is 0.137 e. The van der Waals surface area contributed by atoms with E-state index in [1.165, 1.54) is 0 Å². The highest BCUT2D eigenvalue weighted by atomic mass is 35.5. The van der Waals surface area contributed by atoms with Crippen molar-refractivity contribution in [2.75, 3.05) is 32.2 Å². The van der Waals surface area contributed by atoms with E-state index in [0.717, 1.165) is 31.5 Å². The van der Waals surface area contributed by atoms with Gasteiger partial charge in [0.05, 0.1) is 12.1 Å². The zero-order valence-corrected chi connectivity index (χ0v) is 11.2. The predicted octanol–water partition coefficient (Wildman–Crippen LogP) is 2.95. The summed E-state index contributed by atoms with van der Waals surface area (Å²) in [5.41, 5.74) is 1.08. The number of hydrogen-bond donors (Lipinski definition) is 1. The average molecular weight is 258 g/mol. The molecule has 0 aliphatic carbocycles. The molecule has 0 radical (unpaired) electrons. The fraction of sp³-hybridized carbons (Fsp3) is 0.538. The second-order valence-corrected chi connectivity index (χ2v) is 4.43. The number of aliphatic hydroxyl groups excluding tert-OH is 1. The van der Waals surface area contributed by atoms with Gasteiger partial charge < -0.3 is 14.7 Å². The van der Waals surface area contributed by atoms with Gasteiger partial charge in [0.1, 0.15) is 5.75 Å². The van der Waals surface area contributed by atoms with Gasteiger partial charge in [-0.2, -0.15) is 0 Å². The quantitative estimate of drug-likeness (QED) is 0.763. The largest absolute Gasteiger partial charge is 0.495 e. The molecule has 0 bridgehead atoms.